The van der Waals surface area contributed by atoms with Gasteiger partial charge in [-0.25, -0.2) is 0 Å². The molecule has 4 nitrogen and oxygen atoms in total. The Morgan fingerprint density at radius 3 is 2.43 bits per heavy atom. The number of benzene rings is 1. The average molecular weight is 294 g/mol. The fourth-order valence-corrected chi connectivity index (χ4v) is 2.45. The Balaban J connectivity index is 2.69. The van der Waals surface area contributed by atoms with Crippen LogP contribution in [-0.2, 0) is 0 Å². The number of phenolic OH excluding ortho intramolecular Hbond substituents is 1. The van der Waals surface area contributed by atoms with E-state index in [-0.39, 0.29) is 6.04 Å². The van der Waals surface area contributed by atoms with Gasteiger partial charge < -0.3 is 20.1 Å². The van der Waals surface area contributed by atoms with Gasteiger partial charge in [0.25, 0.3) is 0 Å². The summed E-state index contributed by atoms with van der Waals surface area (Å²) in [5.74, 6) is 1.74. The summed E-state index contributed by atoms with van der Waals surface area (Å²) in [6.45, 7) is 7.45. The molecule has 0 radical (unpaired) electrons. The van der Waals surface area contributed by atoms with Gasteiger partial charge in [0.05, 0.1) is 7.11 Å². The molecule has 1 aromatic rings. The Morgan fingerprint density at radius 1 is 1.24 bits per heavy atom. The van der Waals surface area contributed by atoms with Crippen molar-refractivity contribution < 1.29 is 9.84 Å². The highest BCUT2D eigenvalue weighted by atomic mass is 16.5. The highest BCUT2D eigenvalue weighted by Crippen LogP contribution is 2.28. The average Bonchev–Trinajstić information content (AvgIpc) is 2.43. The first-order chi connectivity index (χ1) is 9.85. The highest BCUT2D eigenvalue weighted by molar-refractivity contribution is 5.41. The van der Waals surface area contributed by atoms with Crippen molar-refractivity contribution in [3.05, 3.63) is 23.8 Å². The molecular formula is C17H30N2O2. The SMILES string of the molecule is COc1ccc(O)c(C(C)NCC(CC(C)C)N(C)C)c1. The van der Waals surface area contributed by atoms with Crippen LogP contribution in [0.3, 0.4) is 0 Å². The number of rotatable bonds is 8. The first-order valence-electron chi connectivity index (χ1n) is 7.61. The van der Waals surface area contributed by atoms with Gasteiger partial charge in [-0.3, -0.25) is 0 Å². The summed E-state index contributed by atoms with van der Waals surface area (Å²) in [6.07, 6.45) is 1.15. The van der Waals surface area contributed by atoms with E-state index in [1.807, 2.05) is 6.07 Å². The van der Waals surface area contributed by atoms with Gasteiger partial charge in [0.1, 0.15) is 11.5 Å². The molecule has 0 heterocycles. The van der Waals surface area contributed by atoms with E-state index in [1.165, 1.54) is 0 Å². The molecule has 0 aliphatic rings. The van der Waals surface area contributed by atoms with E-state index in [0.29, 0.717) is 17.7 Å². The van der Waals surface area contributed by atoms with Crippen LogP contribution < -0.4 is 10.1 Å². The standard InChI is InChI=1S/C17H30N2O2/c1-12(2)9-14(19(4)5)11-18-13(3)16-10-15(21-6)7-8-17(16)20/h7-8,10,12-14,18,20H,9,11H2,1-6H3. The minimum atomic E-state index is 0.0784. The maximum Gasteiger partial charge on any atom is 0.120 e. The maximum atomic E-state index is 10.0. The summed E-state index contributed by atoms with van der Waals surface area (Å²) in [5, 5.41) is 13.5. The number of phenols is 1. The number of nitrogens with zero attached hydrogens (tertiary/aromatic N) is 1. The van der Waals surface area contributed by atoms with Crippen LogP contribution in [0.5, 0.6) is 11.5 Å². The number of ether oxygens (including phenoxy) is 1. The molecule has 0 aliphatic carbocycles. The van der Waals surface area contributed by atoms with Crippen LogP contribution in [-0.4, -0.2) is 43.8 Å². The largest absolute Gasteiger partial charge is 0.508 e. The Kier molecular flexibility index (Phi) is 6.99. The number of aromatic hydroxyl groups is 1. The third kappa shape index (κ3) is 5.56. The lowest BCUT2D eigenvalue weighted by molar-refractivity contribution is 0.241. The van der Waals surface area contributed by atoms with Crippen molar-refractivity contribution in [2.45, 2.75) is 39.3 Å². The van der Waals surface area contributed by atoms with Gasteiger partial charge in [-0.1, -0.05) is 13.8 Å². The number of likely N-dealkylation sites (N-methyl/N-ethyl adjacent to an activating group) is 1. The number of hydrogen-bond donors (Lipinski definition) is 2. The molecule has 120 valence electrons. The summed E-state index contributed by atoms with van der Waals surface area (Å²) in [4.78, 5) is 2.26. The number of nitrogens with one attached hydrogen (secondary N) is 1. The molecule has 1 aromatic carbocycles. The van der Waals surface area contributed by atoms with Gasteiger partial charge in [0, 0.05) is 24.2 Å². The predicted molar refractivity (Wildman–Crippen MR) is 88.0 cm³/mol. The topological polar surface area (TPSA) is 44.7 Å². The molecule has 2 N–H and O–H groups in total. The minimum absolute atomic E-state index is 0.0784. The molecule has 0 amide bonds. The molecule has 21 heavy (non-hydrogen) atoms. The fraction of sp³-hybridized carbons (Fsp3) is 0.647. The Morgan fingerprint density at radius 2 is 1.90 bits per heavy atom. The van der Waals surface area contributed by atoms with Crippen LogP contribution in [0, 0.1) is 5.92 Å². The quantitative estimate of drug-likeness (QED) is 0.773. The second-order valence-electron chi connectivity index (χ2n) is 6.30. The smallest absolute Gasteiger partial charge is 0.120 e. The monoisotopic (exact) mass is 294 g/mol. The zero-order valence-corrected chi connectivity index (χ0v) is 14.2. The third-order valence-electron chi connectivity index (χ3n) is 3.83. The van der Waals surface area contributed by atoms with Gasteiger partial charge in [-0.05, 0) is 51.6 Å². The van der Waals surface area contributed by atoms with E-state index >= 15 is 0 Å². The van der Waals surface area contributed by atoms with Crippen molar-refractivity contribution in [1.29, 1.82) is 0 Å². The second kappa shape index (κ2) is 8.25. The zero-order valence-electron chi connectivity index (χ0n) is 14.2. The molecule has 0 saturated heterocycles. The summed E-state index contributed by atoms with van der Waals surface area (Å²) < 4.78 is 5.23. The summed E-state index contributed by atoms with van der Waals surface area (Å²) in [5.41, 5.74) is 0.872. The minimum Gasteiger partial charge on any atom is -0.508 e. The Hall–Kier alpha value is -1.26. The van der Waals surface area contributed by atoms with E-state index in [4.69, 9.17) is 4.74 Å². The Bertz CT molecular complexity index is 433. The molecule has 0 aliphatic heterocycles. The van der Waals surface area contributed by atoms with Gasteiger partial charge in [-0.2, -0.15) is 0 Å². The molecule has 0 aromatic heterocycles. The molecule has 1 rings (SSSR count). The number of methoxy groups -OCH3 is 1. The molecular weight excluding hydrogens is 264 g/mol. The lowest BCUT2D eigenvalue weighted by atomic mass is 10.0. The van der Waals surface area contributed by atoms with Gasteiger partial charge in [0.2, 0.25) is 0 Å². The van der Waals surface area contributed by atoms with Crippen molar-refractivity contribution in [3.63, 3.8) is 0 Å². The predicted octanol–water partition coefficient (Wildman–Crippen LogP) is 3.03. The van der Waals surface area contributed by atoms with Crippen LogP contribution in [0.2, 0.25) is 0 Å². The van der Waals surface area contributed by atoms with E-state index in [0.717, 1.165) is 24.3 Å². The van der Waals surface area contributed by atoms with Crippen molar-refractivity contribution >= 4 is 0 Å². The molecule has 4 heteroatoms. The normalized spacial score (nSPS) is 14.5. The van der Waals surface area contributed by atoms with Crippen molar-refractivity contribution in [2.75, 3.05) is 27.7 Å². The zero-order chi connectivity index (χ0) is 16.0. The van der Waals surface area contributed by atoms with E-state index in [1.54, 1.807) is 19.2 Å². The highest BCUT2D eigenvalue weighted by Gasteiger charge is 2.16. The molecule has 0 saturated carbocycles. The first kappa shape index (κ1) is 17.8. The van der Waals surface area contributed by atoms with E-state index in [9.17, 15) is 5.11 Å². The fourth-order valence-electron chi connectivity index (χ4n) is 2.45. The molecule has 0 spiro atoms. The van der Waals surface area contributed by atoms with Crippen molar-refractivity contribution in [2.24, 2.45) is 5.92 Å². The number of hydrogen-bond acceptors (Lipinski definition) is 4. The molecule has 2 atom stereocenters. The van der Waals surface area contributed by atoms with Crippen LogP contribution in [0.25, 0.3) is 0 Å². The summed E-state index contributed by atoms with van der Waals surface area (Å²) >= 11 is 0. The van der Waals surface area contributed by atoms with Crippen molar-refractivity contribution in [1.82, 2.24) is 10.2 Å². The van der Waals surface area contributed by atoms with Gasteiger partial charge in [-0.15, -0.1) is 0 Å². The summed E-state index contributed by atoms with van der Waals surface area (Å²) in [6, 6.07) is 5.91. The van der Waals surface area contributed by atoms with Crippen LogP contribution in [0.1, 0.15) is 38.8 Å². The summed E-state index contributed by atoms with van der Waals surface area (Å²) in [7, 11) is 5.86. The van der Waals surface area contributed by atoms with Crippen LogP contribution in [0.4, 0.5) is 0 Å². The second-order valence-corrected chi connectivity index (χ2v) is 6.30. The maximum absolute atomic E-state index is 10.0. The van der Waals surface area contributed by atoms with Crippen molar-refractivity contribution in [3.8, 4) is 11.5 Å². The van der Waals surface area contributed by atoms with Crippen LogP contribution >= 0.6 is 0 Å². The molecule has 2 unspecified atom stereocenters. The third-order valence-corrected chi connectivity index (χ3v) is 3.83. The first-order valence-corrected chi connectivity index (χ1v) is 7.61. The van der Waals surface area contributed by atoms with Gasteiger partial charge in [0.15, 0.2) is 0 Å². The van der Waals surface area contributed by atoms with E-state index in [2.05, 4.69) is 45.1 Å². The van der Waals surface area contributed by atoms with Gasteiger partial charge >= 0.3 is 0 Å². The molecule has 0 bridgehead atoms. The molecule has 0 fully saturated rings. The van der Waals surface area contributed by atoms with E-state index < -0.39 is 0 Å². The Labute approximate surface area is 129 Å². The lowest BCUT2D eigenvalue weighted by Gasteiger charge is -2.28. The van der Waals surface area contributed by atoms with Crippen LogP contribution in [0.15, 0.2) is 18.2 Å². The lowest BCUT2D eigenvalue weighted by Crippen LogP contribution is -2.39.